The van der Waals surface area contributed by atoms with E-state index in [1.807, 2.05) is 6.08 Å². The molecule has 0 saturated heterocycles. The van der Waals surface area contributed by atoms with Gasteiger partial charge in [-0.05, 0) is 58.2 Å². The molecule has 188 valence electrons. The Morgan fingerprint density at radius 1 is 0.941 bits per heavy atom. The summed E-state index contributed by atoms with van der Waals surface area (Å²) in [6.07, 6.45) is 15.8. The van der Waals surface area contributed by atoms with Crippen LogP contribution in [0, 0.1) is 0 Å². The maximum atomic E-state index is 12.7. The maximum Gasteiger partial charge on any atom is 0.383 e. The number of benzene rings is 1. The van der Waals surface area contributed by atoms with Gasteiger partial charge in [0.05, 0.1) is 12.0 Å². The summed E-state index contributed by atoms with van der Waals surface area (Å²) < 4.78 is 17.3. The zero-order valence-corrected chi connectivity index (χ0v) is 21.5. The lowest BCUT2D eigenvalue weighted by Gasteiger charge is -2.13. The van der Waals surface area contributed by atoms with E-state index in [1.165, 1.54) is 55.7 Å². The smallest absolute Gasteiger partial charge is 0.383 e. The van der Waals surface area contributed by atoms with Crippen molar-refractivity contribution in [1.29, 1.82) is 0 Å². The first-order valence-corrected chi connectivity index (χ1v) is 12.8. The highest BCUT2D eigenvalue weighted by Crippen LogP contribution is 2.34. The summed E-state index contributed by atoms with van der Waals surface area (Å²) >= 11 is 0. The molecule has 0 atom stereocenters. The maximum absolute atomic E-state index is 12.7. The minimum atomic E-state index is -0.598. The Morgan fingerprint density at radius 2 is 1.65 bits per heavy atom. The van der Waals surface area contributed by atoms with Gasteiger partial charge in [-0.3, -0.25) is 0 Å². The van der Waals surface area contributed by atoms with Crippen molar-refractivity contribution in [3.63, 3.8) is 0 Å². The van der Waals surface area contributed by atoms with Gasteiger partial charge in [-0.25, -0.2) is 4.79 Å². The highest BCUT2D eigenvalue weighted by Gasteiger charge is 2.18. The molecule has 0 amide bonds. The van der Waals surface area contributed by atoms with E-state index in [2.05, 4.69) is 33.8 Å². The fourth-order valence-corrected chi connectivity index (χ4v) is 3.78. The Morgan fingerprint density at radius 3 is 2.35 bits per heavy atom. The van der Waals surface area contributed by atoms with Crippen LogP contribution in [0.3, 0.4) is 0 Å². The van der Waals surface area contributed by atoms with E-state index in [-0.39, 0.29) is 23.7 Å². The fourth-order valence-electron chi connectivity index (χ4n) is 3.78. The van der Waals surface area contributed by atoms with Crippen molar-refractivity contribution in [3.8, 4) is 17.2 Å². The Balaban J connectivity index is 2.03. The molecule has 0 aliphatic carbocycles. The Hall–Kier alpha value is -2.69. The summed E-state index contributed by atoms with van der Waals surface area (Å²) in [4.78, 5) is 12.7. The minimum Gasteiger partial charge on any atom is -0.508 e. The number of ether oxygens (including phenoxy) is 2. The van der Waals surface area contributed by atoms with E-state index >= 15 is 0 Å². The van der Waals surface area contributed by atoms with Gasteiger partial charge >= 0.3 is 5.63 Å². The van der Waals surface area contributed by atoms with Crippen LogP contribution in [0.1, 0.15) is 91.9 Å². The van der Waals surface area contributed by atoms with Gasteiger partial charge in [0, 0.05) is 6.07 Å². The van der Waals surface area contributed by atoms with Gasteiger partial charge in [0.2, 0.25) is 5.75 Å². The number of phenolic OH excluding ortho intramolecular Hbond substituents is 1. The molecule has 5 nitrogen and oxygen atoms in total. The Kier molecular flexibility index (Phi) is 12.4. The van der Waals surface area contributed by atoms with Gasteiger partial charge in [-0.1, -0.05) is 69.1 Å². The van der Waals surface area contributed by atoms with Crippen molar-refractivity contribution < 1.29 is 19.0 Å². The minimum absolute atomic E-state index is 0.0354. The second-order valence-electron chi connectivity index (χ2n) is 9.23. The van der Waals surface area contributed by atoms with Crippen molar-refractivity contribution in [3.05, 3.63) is 51.9 Å². The molecule has 1 aromatic carbocycles. The number of phenols is 1. The predicted octanol–water partition coefficient (Wildman–Crippen LogP) is 8.09. The summed E-state index contributed by atoms with van der Waals surface area (Å²) in [5, 5.41) is 10.4. The van der Waals surface area contributed by atoms with Crippen LogP contribution in [0.15, 0.2) is 50.7 Å². The summed E-state index contributed by atoms with van der Waals surface area (Å²) in [7, 11) is 0. The van der Waals surface area contributed by atoms with Gasteiger partial charge in [0.25, 0.3) is 0 Å². The van der Waals surface area contributed by atoms with E-state index in [0.717, 1.165) is 25.7 Å². The first-order valence-electron chi connectivity index (χ1n) is 12.8. The van der Waals surface area contributed by atoms with E-state index < -0.39 is 5.63 Å². The molecular weight excluding hydrogens is 428 g/mol. The molecule has 0 fully saturated rings. The van der Waals surface area contributed by atoms with E-state index in [0.29, 0.717) is 17.7 Å². The number of rotatable bonds is 16. The molecule has 1 aromatic heterocycles. The average Bonchev–Trinajstić information content (AvgIpc) is 2.78. The van der Waals surface area contributed by atoms with Gasteiger partial charge in [0.1, 0.15) is 17.9 Å². The van der Waals surface area contributed by atoms with Crippen molar-refractivity contribution in [2.24, 2.45) is 0 Å². The molecule has 0 saturated carbocycles. The highest BCUT2D eigenvalue weighted by molar-refractivity contribution is 5.86. The van der Waals surface area contributed by atoms with E-state index in [1.54, 1.807) is 12.1 Å². The van der Waals surface area contributed by atoms with Gasteiger partial charge in [-0.2, -0.15) is 0 Å². The molecular formula is C29H42O5. The largest absolute Gasteiger partial charge is 0.508 e. The number of aromatic hydroxyl groups is 1. The monoisotopic (exact) mass is 470 g/mol. The topological polar surface area (TPSA) is 68.9 Å². The first kappa shape index (κ1) is 27.6. The number of hydrogen-bond acceptors (Lipinski definition) is 5. The van der Waals surface area contributed by atoms with Gasteiger partial charge < -0.3 is 19.0 Å². The second-order valence-corrected chi connectivity index (χ2v) is 9.23. The predicted molar refractivity (Wildman–Crippen MR) is 140 cm³/mol. The quantitative estimate of drug-likeness (QED) is 0.152. The molecule has 0 radical (unpaired) electrons. The Labute approximate surface area is 204 Å². The van der Waals surface area contributed by atoms with Gasteiger partial charge in [0.15, 0.2) is 5.75 Å². The lowest BCUT2D eigenvalue weighted by molar-refractivity contribution is 0.269. The average molecular weight is 471 g/mol. The molecule has 34 heavy (non-hydrogen) atoms. The fraction of sp³-hybridized carbons (Fsp3) is 0.552. The molecule has 0 bridgehead atoms. The number of allylic oxidation sites excluding steroid dienone is 3. The summed E-state index contributed by atoms with van der Waals surface area (Å²) in [6.45, 7) is 9.25. The van der Waals surface area contributed by atoms with E-state index in [4.69, 9.17) is 13.9 Å². The Bertz CT molecular complexity index is 995. The molecule has 2 rings (SSSR count). The summed E-state index contributed by atoms with van der Waals surface area (Å²) in [6, 6.07) is 4.68. The normalized spacial score (nSPS) is 11.6. The number of hydrogen-bond donors (Lipinski definition) is 1. The van der Waals surface area contributed by atoms with Crippen molar-refractivity contribution in [2.75, 3.05) is 13.2 Å². The van der Waals surface area contributed by atoms with Crippen LogP contribution in [-0.2, 0) is 0 Å². The molecule has 0 unspecified atom stereocenters. The third-order valence-electron chi connectivity index (χ3n) is 5.80. The molecule has 1 N–H and O–H groups in total. The van der Waals surface area contributed by atoms with Crippen LogP contribution in [-0.4, -0.2) is 18.3 Å². The van der Waals surface area contributed by atoms with Crippen LogP contribution in [0.4, 0.5) is 0 Å². The molecule has 0 spiro atoms. The third-order valence-corrected chi connectivity index (χ3v) is 5.80. The second kappa shape index (κ2) is 15.3. The summed E-state index contributed by atoms with van der Waals surface area (Å²) in [5.41, 5.74) is 2.20. The SMILES string of the molecule is CCCCCCCCCCOc1c(OC/C=C(\C)CCC=C(C)C)c(=O)oc2cc(O)ccc12. The van der Waals surface area contributed by atoms with Gasteiger partial charge in [-0.15, -0.1) is 0 Å². The molecule has 0 aliphatic rings. The zero-order valence-electron chi connectivity index (χ0n) is 21.5. The lowest BCUT2D eigenvalue weighted by atomic mass is 10.1. The van der Waals surface area contributed by atoms with E-state index in [9.17, 15) is 9.90 Å². The standard InChI is InChI=1S/C29H42O5/c1-5-6-7-8-9-10-11-12-19-32-27-25-17-16-24(30)21-26(25)34-29(31)28(27)33-20-18-23(4)15-13-14-22(2)3/h14,16-18,21,30H,5-13,15,19-20H2,1-4H3/b23-18+. The van der Waals surface area contributed by atoms with Crippen LogP contribution in [0.5, 0.6) is 17.2 Å². The van der Waals surface area contributed by atoms with Crippen molar-refractivity contribution >= 4 is 11.0 Å². The molecule has 1 heterocycles. The number of fused-ring (bicyclic) bond motifs is 1. The molecule has 5 heteroatoms. The molecule has 0 aliphatic heterocycles. The lowest BCUT2D eigenvalue weighted by Crippen LogP contribution is -2.11. The first-order chi connectivity index (χ1) is 16.4. The van der Waals surface area contributed by atoms with Crippen molar-refractivity contribution in [2.45, 2.75) is 91.9 Å². The third kappa shape index (κ3) is 9.66. The van der Waals surface area contributed by atoms with Crippen LogP contribution >= 0.6 is 0 Å². The summed E-state index contributed by atoms with van der Waals surface area (Å²) in [5.74, 6) is 0.518. The van der Waals surface area contributed by atoms with Crippen LogP contribution in [0.25, 0.3) is 11.0 Å². The van der Waals surface area contributed by atoms with Crippen LogP contribution in [0.2, 0.25) is 0 Å². The van der Waals surface area contributed by atoms with Crippen LogP contribution < -0.4 is 15.1 Å². The highest BCUT2D eigenvalue weighted by atomic mass is 16.5. The van der Waals surface area contributed by atoms with Crippen molar-refractivity contribution in [1.82, 2.24) is 0 Å². The zero-order chi connectivity index (χ0) is 24.8. The molecule has 2 aromatic rings. The number of unbranched alkanes of at least 4 members (excludes halogenated alkanes) is 7.